The first-order valence-corrected chi connectivity index (χ1v) is 12.1. The number of methoxy groups -OCH3 is 1. The van der Waals surface area contributed by atoms with E-state index >= 15 is 0 Å². The standard InChI is InChI=1S/C24H31N3O5S/c1-4-6-7-13-32-18-12-11-16(14-19(18)30-3)15-25-27-24(29)26-22-21(23(28)31-5-2)17-9-8-10-20(17)33-22/h11-12,14-15H,4-10,13H2,1-3H3,(H2,26,27,29). The summed E-state index contributed by atoms with van der Waals surface area (Å²) in [6.07, 6.45) is 7.51. The quantitative estimate of drug-likeness (QED) is 0.204. The third-order valence-corrected chi connectivity index (χ3v) is 6.41. The van der Waals surface area contributed by atoms with Gasteiger partial charge in [0.25, 0.3) is 0 Å². The number of nitrogens with one attached hydrogen (secondary N) is 2. The number of ether oxygens (including phenoxy) is 3. The number of nitrogens with zero attached hydrogens (tertiary/aromatic N) is 1. The highest BCUT2D eigenvalue weighted by Gasteiger charge is 2.28. The molecule has 1 aliphatic rings. The van der Waals surface area contributed by atoms with E-state index in [2.05, 4.69) is 22.8 Å². The minimum absolute atomic E-state index is 0.283. The lowest BCUT2D eigenvalue weighted by molar-refractivity contribution is 0.0527. The third kappa shape index (κ3) is 6.47. The second kappa shape index (κ2) is 12.2. The minimum atomic E-state index is -0.528. The maximum Gasteiger partial charge on any atom is 0.341 e. The molecule has 9 heteroatoms. The number of hydrazone groups is 1. The van der Waals surface area contributed by atoms with Crippen molar-refractivity contribution in [3.05, 3.63) is 39.8 Å². The Morgan fingerprint density at radius 3 is 2.79 bits per heavy atom. The Labute approximate surface area is 198 Å². The van der Waals surface area contributed by atoms with Crippen LogP contribution >= 0.6 is 11.3 Å². The summed E-state index contributed by atoms with van der Waals surface area (Å²) >= 11 is 1.42. The van der Waals surface area contributed by atoms with Gasteiger partial charge in [-0.2, -0.15) is 5.10 Å². The number of fused-ring (bicyclic) bond motifs is 1. The first-order chi connectivity index (χ1) is 16.1. The van der Waals surface area contributed by atoms with Crippen LogP contribution in [0.5, 0.6) is 11.5 Å². The van der Waals surface area contributed by atoms with Crippen LogP contribution in [0.15, 0.2) is 23.3 Å². The number of thiophene rings is 1. The van der Waals surface area contributed by atoms with Gasteiger partial charge in [0, 0.05) is 4.88 Å². The van der Waals surface area contributed by atoms with Crippen LogP contribution in [-0.2, 0) is 17.6 Å². The number of hydrogen-bond donors (Lipinski definition) is 2. The van der Waals surface area contributed by atoms with Crippen molar-refractivity contribution in [1.82, 2.24) is 5.43 Å². The van der Waals surface area contributed by atoms with Gasteiger partial charge in [0.1, 0.15) is 5.00 Å². The second-order valence-electron chi connectivity index (χ2n) is 7.57. The van der Waals surface area contributed by atoms with Gasteiger partial charge in [-0.15, -0.1) is 11.3 Å². The molecule has 2 aromatic rings. The van der Waals surface area contributed by atoms with E-state index in [1.165, 1.54) is 17.6 Å². The summed E-state index contributed by atoms with van der Waals surface area (Å²) in [5.74, 6) is 0.876. The summed E-state index contributed by atoms with van der Waals surface area (Å²) < 4.78 is 16.4. The highest BCUT2D eigenvalue weighted by atomic mass is 32.1. The lowest BCUT2D eigenvalue weighted by Gasteiger charge is -2.11. The third-order valence-electron chi connectivity index (χ3n) is 5.20. The van der Waals surface area contributed by atoms with Crippen LogP contribution < -0.4 is 20.2 Å². The fourth-order valence-electron chi connectivity index (χ4n) is 3.63. The summed E-state index contributed by atoms with van der Waals surface area (Å²) in [6.45, 7) is 4.83. The number of unbranched alkanes of at least 4 members (excludes halogenated alkanes) is 2. The van der Waals surface area contributed by atoms with Gasteiger partial charge >= 0.3 is 12.0 Å². The Bertz CT molecular complexity index is 1000. The van der Waals surface area contributed by atoms with E-state index in [4.69, 9.17) is 14.2 Å². The predicted molar refractivity (Wildman–Crippen MR) is 130 cm³/mol. The van der Waals surface area contributed by atoms with Gasteiger partial charge in [-0.05, 0) is 61.9 Å². The Morgan fingerprint density at radius 2 is 2.03 bits per heavy atom. The van der Waals surface area contributed by atoms with E-state index in [1.807, 2.05) is 12.1 Å². The molecule has 0 aliphatic heterocycles. The van der Waals surface area contributed by atoms with Crippen LogP contribution in [0.1, 0.15) is 65.9 Å². The number of benzene rings is 1. The number of esters is 1. The molecule has 8 nitrogen and oxygen atoms in total. The normalized spacial score (nSPS) is 12.5. The molecule has 0 radical (unpaired) electrons. The van der Waals surface area contributed by atoms with Crippen molar-refractivity contribution < 1.29 is 23.8 Å². The van der Waals surface area contributed by atoms with E-state index in [9.17, 15) is 9.59 Å². The molecule has 0 bridgehead atoms. The number of amides is 2. The van der Waals surface area contributed by atoms with Gasteiger partial charge in [-0.1, -0.05) is 19.8 Å². The second-order valence-corrected chi connectivity index (χ2v) is 8.68. The smallest absolute Gasteiger partial charge is 0.341 e. The molecule has 0 saturated carbocycles. The molecule has 1 aromatic carbocycles. The van der Waals surface area contributed by atoms with Gasteiger partial charge in [-0.3, -0.25) is 5.32 Å². The van der Waals surface area contributed by atoms with Crippen LogP contribution in [0.25, 0.3) is 0 Å². The fourth-order valence-corrected chi connectivity index (χ4v) is 4.90. The number of anilines is 1. The number of rotatable bonds is 11. The number of aryl methyl sites for hydroxylation is 1. The summed E-state index contributed by atoms with van der Waals surface area (Å²) in [7, 11) is 1.58. The van der Waals surface area contributed by atoms with Crippen molar-refractivity contribution in [3.8, 4) is 11.5 Å². The highest BCUT2D eigenvalue weighted by molar-refractivity contribution is 7.17. The first kappa shape index (κ1) is 24.6. The van der Waals surface area contributed by atoms with Crippen molar-refractivity contribution in [2.24, 2.45) is 5.10 Å². The SMILES string of the molecule is CCCCCOc1ccc(C=NNC(=O)Nc2sc3c(c2C(=O)OCC)CCC3)cc1OC. The molecule has 1 heterocycles. The van der Waals surface area contributed by atoms with E-state index in [0.717, 1.165) is 54.5 Å². The van der Waals surface area contributed by atoms with Crippen molar-refractivity contribution >= 4 is 34.6 Å². The summed E-state index contributed by atoms with van der Waals surface area (Å²) in [6, 6.07) is 4.93. The molecule has 0 saturated heterocycles. The van der Waals surface area contributed by atoms with Gasteiger partial charge in [0.05, 0.1) is 32.1 Å². The van der Waals surface area contributed by atoms with Crippen molar-refractivity contribution in [3.63, 3.8) is 0 Å². The summed E-state index contributed by atoms with van der Waals surface area (Å²) in [4.78, 5) is 25.9. The van der Waals surface area contributed by atoms with Crippen molar-refractivity contribution in [1.29, 1.82) is 0 Å². The van der Waals surface area contributed by atoms with Gasteiger partial charge in [0.15, 0.2) is 11.5 Å². The Kier molecular flexibility index (Phi) is 9.12. The fraction of sp³-hybridized carbons (Fsp3) is 0.458. The number of carbonyl (C=O) groups is 2. The molecule has 0 spiro atoms. The van der Waals surface area contributed by atoms with Crippen molar-refractivity contribution in [2.45, 2.75) is 52.4 Å². The van der Waals surface area contributed by atoms with Crippen LogP contribution in [0.3, 0.4) is 0 Å². The molecular weight excluding hydrogens is 442 g/mol. The van der Waals surface area contributed by atoms with Gasteiger partial charge < -0.3 is 14.2 Å². The molecule has 178 valence electrons. The number of urea groups is 1. The molecule has 1 aromatic heterocycles. The van der Waals surface area contributed by atoms with E-state index in [-0.39, 0.29) is 6.61 Å². The summed E-state index contributed by atoms with van der Waals surface area (Å²) in [5, 5.41) is 7.25. The molecule has 0 unspecified atom stereocenters. The molecule has 0 fully saturated rings. The Balaban J connectivity index is 1.60. The molecular formula is C24H31N3O5S. The maximum atomic E-state index is 12.4. The topological polar surface area (TPSA) is 98.2 Å². The lowest BCUT2D eigenvalue weighted by atomic mass is 10.1. The average molecular weight is 474 g/mol. The molecule has 2 N–H and O–H groups in total. The maximum absolute atomic E-state index is 12.4. The predicted octanol–water partition coefficient (Wildman–Crippen LogP) is 5.15. The minimum Gasteiger partial charge on any atom is -0.493 e. The monoisotopic (exact) mass is 473 g/mol. The largest absolute Gasteiger partial charge is 0.493 e. The zero-order valence-corrected chi connectivity index (χ0v) is 20.2. The van der Waals surface area contributed by atoms with Crippen LogP contribution in [0, 0.1) is 0 Å². The van der Waals surface area contributed by atoms with E-state index in [0.29, 0.717) is 28.7 Å². The number of hydrogen-bond acceptors (Lipinski definition) is 7. The molecule has 3 rings (SSSR count). The first-order valence-electron chi connectivity index (χ1n) is 11.3. The highest BCUT2D eigenvalue weighted by Crippen LogP contribution is 2.39. The zero-order chi connectivity index (χ0) is 23.6. The molecule has 0 atom stereocenters. The number of carbonyl (C=O) groups excluding carboxylic acids is 2. The molecule has 1 aliphatic carbocycles. The van der Waals surface area contributed by atoms with Crippen LogP contribution in [0.2, 0.25) is 0 Å². The molecule has 2 amide bonds. The van der Waals surface area contributed by atoms with Gasteiger partial charge in [-0.25, -0.2) is 15.0 Å². The lowest BCUT2D eigenvalue weighted by Crippen LogP contribution is -2.25. The van der Waals surface area contributed by atoms with Gasteiger partial charge in [0.2, 0.25) is 0 Å². The van der Waals surface area contributed by atoms with Crippen LogP contribution in [0.4, 0.5) is 9.80 Å². The average Bonchev–Trinajstić information content (AvgIpc) is 3.38. The summed E-state index contributed by atoms with van der Waals surface area (Å²) in [5.41, 5.74) is 4.64. The Hall–Kier alpha value is -3.07. The van der Waals surface area contributed by atoms with E-state index in [1.54, 1.807) is 20.1 Å². The van der Waals surface area contributed by atoms with Crippen LogP contribution in [-0.4, -0.2) is 38.5 Å². The molecule has 33 heavy (non-hydrogen) atoms. The zero-order valence-electron chi connectivity index (χ0n) is 19.4. The van der Waals surface area contributed by atoms with E-state index < -0.39 is 12.0 Å². The Morgan fingerprint density at radius 1 is 1.18 bits per heavy atom. The van der Waals surface area contributed by atoms with Crippen molar-refractivity contribution in [2.75, 3.05) is 25.6 Å².